The van der Waals surface area contributed by atoms with Crippen molar-refractivity contribution in [2.45, 2.75) is 45.6 Å². The Balaban J connectivity index is 0.00000392. The third kappa shape index (κ3) is 9.18. The number of likely N-dealkylation sites (tertiary alicyclic amines) is 1. The van der Waals surface area contributed by atoms with Gasteiger partial charge in [-0.05, 0) is 63.9 Å². The van der Waals surface area contributed by atoms with Crippen LogP contribution in [0, 0.1) is 5.82 Å². The summed E-state index contributed by atoms with van der Waals surface area (Å²) in [7, 11) is 0. The van der Waals surface area contributed by atoms with Gasteiger partial charge >= 0.3 is 0 Å². The van der Waals surface area contributed by atoms with Crippen LogP contribution in [0.3, 0.4) is 0 Å². The zero-order chi connectivity index (χ0) is 19.5. The maximum Gasteiger partial charge on any atom is 0.246 e. The minimum absolute atomic E-state index is 0. The van der Waals surface area contributed by atoms with E-state index in [0.717, 1.165) is 26.1 Å². The topological polar surface area (TPSA) is 68.8 Å². The molecule has 1 aromatic carbocycles. The van der Waals surface area contributed by atoms with Gasteiger partial charge < -0.3 is 20.9 Å². The predicted octanol–water partition coefficient (Wildman–Crippen LogP) is 3.20. The van der Waals surface area contributed by atoms with Crippen LogP contribution in [0.2, 0.25) is 0 Å². The van der Waals surface area contributed by atoms with Gasteiger partial charge in [0.2, 0.25) is 5.91 Å². The molecule has 158 valence electrons. The molecule has 0 bridgehead atoms. The largest absolute Gasteiger partial charge is 0.357 e. The molecular formula is C20H33FIN5O. The fourth-order valence-corrected chi connectivity index (χ4v) is 3.21. The van der Waals surface area contributed by atoms with E-state index in [1.165, 1.54) is 50.1 Å². The van der Waals surface area contributed by atoms with Gasteiger partial charge in [-0.3, -0.25) is 4.79 Å². The lowest BCUT2D eigenvalue weighted by atomic mass is 10.0. The van der Waals surface area contributed by atoms with E-state index >= 15 is 0 Å². The van der Waals surface area contributed by atoms with Gasteiger partial charge in [0.1, 0.15) is 12.4 Å². The molecule has 1 aliphatic heterocycles. The number of aliphatic imine (C=N–C) groups is 1. The van der Waals surface area contributed by atoms with E-state index in [1.54, 1.807) is 0 Å². The highest BCUT2D eigenvalue weighted by Crippen LogP contribution is 2.16. The number of hydrogen-bond acceptors (Lipinski definition) is 3. The number of amides is 1. The first kappa shape index (κ1) is 24.6. The van der Waals surface area contributed by atoms with Crippen LogP contribution in [-0.4, -0.2) is 55.5 Å². The summed E-state index contributed by atoms with van der Waals surface area (Å²) in [4.78, 5) is 18.9. The predicted molar refractivity (Wildman–Crippen MR) is 124 cm³/mol. The van der Waals surface area contributed by atoms with Gasteiger partial charge in [-0.15, -0.1) is 24.0 Å². The van der Waals surface area contributed by atoms with Gasteiger partial charge in [-0.2, -0.15) is 0 Å². The van der Waals surface area contributed by atoms with Crippen molar-refractivity contribution < 1.29 is 9.18 Å². The normalized spacial score (nSPS) is 17.5. The second-order valence-electron chi connectivity index (χ2n) is 6.91. The summed E-state index contributed by atoms with van der Waals surface area (Å²) in [6.07, 6.45) is 4.97. The van der Waals surface area contributed by atoms with Gasteiger partial charge in [-0.1, -0.05) is 6.42 Å². The molecule has 2 rings (SSSR count). The van der Waals surface area contributed by atoms with E-state index in [0.29, 0.717) is 17.7 Å². The molecule has 1 aliphatic rings. The van der Waals surface area contributed by atoms with Crippen molar-refractivity contribution in [3.63, 3.8) is 0 Å². The number of rotatable bonds is 8. The summed E-state index contributed by atoms with van der Waals surface area (Å²) in [6, 6.07) is 6.36. The molecule has 0 radical (unpaired) electrons. The van der Waals surface area contributed by atoms with Crippen LogP contribution in [0.4, 0.5) is 10.1 Å². The van der Waals surface area contributed by atoms with Crippen LogP contribution >= 0.6 is 24.0 Å². The smallest absolute Gasteiger partial charge is 0.246 e. The molecule has 1 fully saturated rings. The number of nitrogens with zero attached hydrogens (tertiary/aromatic N) is 2. The van der Waals surface area contributed by atoms with E-state index in [4.69, 9.17) is 0 Å². The van der Waals surface area contributed by atoms with Gasteiger partial charge in [0.05, 0.1) is 0 Å². The van der Waals surface area contributed by atoms with Crippen molar-refractivity contribution in [1.29, 1.82) is 0 Å². The lowest BCUT2D eigenvalue weighted by Crippen LogP contribution is -2.41. The molecular weight excluding hydrogens is 472 g/mol. The fourth-order valence-electron chi connectivity index (χ4n) is 3.21. The highest BCUT2D eigenvalue weighted by atomic mass is 127. The first-order valence-electron chi connectivity index (χ1n) is 9.90. The van der Waals surface area contributed by atoms with E-state index in [1.807, 2.05) is 6.92 Å². The summed E-state index contributed by atoms with van der Waals surface area (Å²) < 4.78 is 12.9. The average molecular weight is 505 g/mol. The first-order valence-corrected chi connectivity index (χ1v) is 9.90. The molecule has 0 aromatic heterocycles. The van der Waals surface area contributed by atoms with Crippen LogP contribution in [0.5, 0.6) is 0 Å². The Kier molecular flexibility index (Phi) is 12.1. The third-order valence-electron chi connectivity index (χ3n) is 4.71. The Labute approximate surface area is 184 Å². The Bertz CT molecular complexity index is 611. The summed E-state index contributed by atoms with van der Waals surface area (Å²) in [6.45, 7) is 8.12. The molecule has 1 saturated heterocycles. The van der Waals surface area contributed by atoms with Crippen LogP contribution in [0.15, 0.2) is 29.3 Å². The van der Waals surface area contributed by atoms with Crippen molar-refractivity contribution in [2.75, 3.05) is 38.0 Å². The molecule has 8 heteroatoms. The van der Waals surface area contributed by atoms with Crippen molar-refractivity contribution in [3.8, 4) is 0 Å². The molecule has 1 heterocycles. The zero-order valence-corrected chi connectivity index (χ0v) is 19.2. The van der Waals surface area contributed by atoms with Crippen LogP contribution in [0.25, 0.3) is 0 Å². The molecule has 1 atom stereocenters. The highest BCUT2D eigenvalue weighted by Gasteiger charge is 2.17. The number of carbonyl (C=O) groups excluding carboxylic acids is 1. The molecule has 28 heavy (non-hydrogen) atoms. The molecule has 1 unspecified atom stereocenters. The van der Waals surface area contributed by atoms with Crippen molar-refractivity contribution in [3.05, 3.63) is 30.1 Å². The molecule has 0 spiro atoms. The van der Waals surface area contributed by atoms with Crippen LogP contribution in [-0.2, 0) is 4.79 Å². The SMILES string of the molecule is CCNC(=NCC(=O)Nc1ccc(F)cc1)NCCCN1CCCCC1C.I. The number of nitrogens with one attached hydrogen (secondary N) is 3. The van der Waals surface area contributed by atoms with Crippen molar-refractivity contribution in [1.82, 2.24) is 15.5 Å². The minimum Gasteiger partial charge on any atom is -0.357 e. The van der Waals surface area contributed by atoms with Crippen LogP contribution < -0.4 is 16.0 Å². The number of halogens is 2. The number of anilines is 1. The molecule has 0 aliphatic carbocycles. The lowest BCUT2D eigenvalue weighted by molar-refractivity contribution is -0.114. The molecule has 6 nitrogen and oxygen atoms in total. The maximum atomic E-state index is 12.9. The Morgan fingerprint density at radius 2 is 2.00 bits per heavy atom. The van der Waals surface area contributed by atoms with Crippen molar-refractivity contribution >= 4 is 41.5 Å². The molecule has 3 N–H and O–H groups in total. The number of guanidine groups is 1. The lowest BCUT2D eigenvalue weighted by Gasteiger charge is -2.33. The maximum absolute atomic E-state index is 12.9. The average Bonchev–Trinajstić information content (AvgIpc) is 2.66. The quantitative estimate of drug-likeness (QED) is 0.220. The summed E-state index contributed by atoms with van der Waals surface area (Å²) in [5.74, 6) is 0.0722. The van der Waals surface area contributed by atoms with E-state index < -0.39 is 0 Å². The number of benzene rings is 1. The number of piperidine rings is 1. The molecule has 1 amide bonds. The second-order valence-corrected chi connectivity index (χ2v) is 6.91. The standard InChI is InChI=1S/C20H32FN5O.HI/c1-3-22-20(23-12-6-14-26-13-5-4-7-16(26)2)24-15-19(27)25-18-10-8-17(21)9-11-18;/h8-11,16H,3-7,12-15H2,1-2H3,(H,25,27)(H2,22,23,24);1H. The fraction of sp³-hybridized carbons (Fsp3) is 0.600. The van der Waals surface area contributed by atoms with Gasteiger partial charge in [0.15, 0.2) is 5.96 Å². The Hall–Kier alpha value is -1.42. The summed E-state index contributed by atoms with van der Waals surface area (Å²) in [5.41, 5.74) is 0.560. The zero-order valence-electron chi connectivity index (χ0n) is 16.8. The van der Waals surface area contributed by atoms with Gasteiger partial charge in [-0.25, -0.2) is 9.38 Å². The van der Waals surface area contributed by atoms with Crippen LogP contribution in [0.1, 0.15) is 39.5 Å². The summed E-state index contributed by atoms with van der Waals surface area (Å²) >= 11 is 0. The first-order chi connectivity index (χ1) is 13.1. The number of hydrogen-bond donors (Lipinski definition) is 3. The third-order valence-corrected chi connectivity index (χ3v) is 4.71. The monoisotopic (exact) mass is 505 g/mol. The van der Waals surface area contributed by atoms with E-state index in [-0.39, 0.29) is 42.2 Å². The Morgan fingerprint density at radius 3 is 2.68 bits per heavy atom. The Morgan fingerprint density at radius 1 is 1.25 bits per heavy atom. The second kappa shape index (κ2) is 13.7. The molecule has 1 aromatic rings. The van der Waals surface area contributed by atoms with Gasteiger partial charge in [0, 0.05) is 31.4 Å². The summed E-state index contributed by atoms with van der Waals surface area (Å²) in [5, 5.41) is 9.14. The highest BCUT2D eigenvalue weighted by molar-refractivity contribution is 14.0. The number of carbonyl (C=O) groups is 1. The molecule has 0 saturated carbocycles. The van der Waals surface area contributed by atoms with E-state index in [9.17, 15) is 9.18 Å². The van der Waals surface area contributed by atoms with Gasteiger partial charge in [0.25, 0.3) is 0 Å². The van der Waals surface area contributed by atoms with E-state index in [2.05, 4.69) is 32.8 Å². The van der Waals surface area contributed by atoms with Crippen molar-refractivity contribution in [2.24, 2.45) is 4.99 Å². The minimum atomic E-state index is -0.330.